The van der Waals surface area contributed by atoms with Crippen LogP contribution in [0.4, 0.5) is 10.1 Å². The quantitative estimate of drug-likeness (QED) is 0.799. The van der Waals surface area contributed by atoms with E-state index < -0.39 is 0 Å². The molecule has 1 N–H and O–H groups in total. The Morgan fingerprint density at radius 3 is 2.42 bits per heavy atom. The van der Waals surface area contributed by atoms with Crippen molar-refractivity contribution >= 4 is 11.6 Å². The van der Waals surface area contributed by atoms with Crippen LogP contribution in [0.2, 0.25) is 0 Å². The van der Waals surface area contributed by atoms with Crippen LogP contribution in [0.25, 0.3) is 11.3 Å². The van der Waals surface area contributed by atoms with Gasteiger partial charge in [0, 0.05) is 18.3 Å². The van der Waals surface area contributed by atoms with Crippen molar-refractivity contribution in [2.24, 2.45) is 7.05 Å². The number of methoxy groups -OCH3 is 1. The monoisotopic (exact) mass is 325 g/mol. The lowest BCUT2D eigenvalue weighted by molar-refractivity contribution is 0.101. The number of nitrogens with zero attached hydrogens (tertiary/aromatic N) is 2. The molecular weight excluding hydrogens is 309 g/mol. The number of hydrogen-bond acceptors (Lipinski definition) is 3. The summed E-state index contributed by atoms with van der Waals surface area (Å²) >= 11 is 0. The standard InChI is InChI=1S/C18H16FN3O2/c1-22-17(18(23)20-14-7-5-13(19)6-8-14)11-16(21-22)12-3-9-15(24-2)10-4-12/h3-11H,1-2H3,(H,20,23). The van der Waals surface area contributed by atoms with Crippen molar-refractivity contribution in [3.63, 3.8) is 0 Å². The Morgan fingerprint density at radius 2 is 1.79 bits per heavy atom. The molecule has 3 rings (SSSR count). The lowest BCUT2D eigenvalue weighted by atomic mass is 10.1. The van der Waals surface area contributed by atoms with E-state index in [4.69, 9.17) is 4.74 Å². The summed E-state index contributed by atoms with van der Waals surface area (Å²) in [6, 6.07) is 14.7. The van der Waals surface area contributed by atoms with Gasteiger partial charge in [-0.3, -0.25) is 9.48 Å². The van der Waals surface area contributed by atoms with Crippen LogP contribution in [0.3, 0.4) is 0 Å². The molecule has 0 spiro atoms. The first-order chi connectivity index (χ1) is 11.6. The Morgan fingerprint density at radius 1 is 1.12 bits per heavy atom. The summed E-state index contributed by atoms with van der Waals surface area (Å²) in [5, 5.41) is 7.09. The van der Waals surface area contributed by atoms with Crippen molar-refractivity contribution in [2.75, 3.05) is 12.4 Å². The molecule has 0 radical (unpaired) electrons. The Hall–Kier alpha value is -3.15. The van der Waals surface area contributed by atoms with Crippen molar-refractivity contribution in [1.29, 1.82) is 0 Å². The maximum atomic E-state index is 12.9. The zero-order chi connectivity index (χ0) is 17.1. The van der Waals surface area contributed by atoms with Gasteiger partial charge in [-0.1, -0.05) is 0 Å². The summed E-state index contributed by atoms with van der Waals surface area (Å²) in [4.78, 5) is 12.4. The number of amides is 1. The van der Waals surface area contributed by atoms with E-state index in [9.17, 15) is 9.18 Å². The van der Waals surface area contributed by atoms with E-state index in [1.165, 1.54) is 28.9 Å². The molecule has 1 amide bonds. The lowest BCUT2D eigenvalue weighted by Crippen LogP contribution is -2.15. The van der Waals surface area contributed by atoms with Crippen LogP contribution in [0.1, 0.15) is 10.5 Å². The normalized spacial score (nSPS) is 10.5. The van der Waals surface area contributed by atoms with Crippen molar-refractivity contribution in [3.05, 3.63) is 66.1 Å². The molecule has 2 aromatic carbocycles. The average molecular weight is 325 g/mol. The Labute approximate surface area is 138 Å². The van der Waals surface area contributed by atoms with Crippen molar-refractivity contribution in [2.45, 2.75) is 0 Å². The number of carbonyl (C=O) groups excluding carboxylic acids is 1. The van der Waals surface area contributed by atoms with Gasteiger partial charge in [0.25, 0.3) is 5.91 Å². The van der Waals surface area contributed by atoms with E-state index in [2.05, 4.69) is 10.4 Å². The first-order valence-electron chi connectivity index (χ1n) is 7.32. The minimum absolute atomic E-state index is 0.309. The van der Waals surface area contributed by atoms with Crippen LogP contribution in [0, 0.1) is 5.82 Å². The number of hydrogen-bond donors (Lipinski definition) is 1. The van der Waals surface area contributed by atoms with Gasteiger partial charge in [0.15, 0.2) is 0 Å². The fraction of sp³-hybridized carbons (Fsp3) is 0.111. The van der Waals surface area contributed by atoms with Crippen LogP contribution in [-0.4, -0.2) is 22.8 Å². The second-order valence-corrected chi connectivity index (χ2v) is 5.23. The topological polar surface area (TPSA) is 56.1 Å². The molecule has 6 heteroatoms. The maximum Gasteiger partial charge on any atom is 0.273 e. The summed E-state index contributed by atoms with van der Waals surface area (Å²) in [7, 11) is 3.31. The first-order valence-corrected chi connectivity index (χ1v) is 7.32. The summed E-state index contributed by atoms with van der Waals surface area (Å²) < 4.78 is 19.6. The molecule has 24 heavy (non-hydrogen) atoms. The van der Waals surface area contributed by atoms with Gasteiger partial charge in [-0.2, -0.15) is 5.10 Å². The molecular formula is C18H16FN3O2. The lowest BCUT2D eigenvalue weighted by Gasteiger charge is -2.04. The highest BCUT2D eigenvalue weighted by Gasteiger charge is 2.14. The minimum atomic E-state index is -0.352. The molecule has 0 saturated heterocycles. The van der Waals surface area contributed by atoms with Crippen LogP contribution >= 0.6 is 0 Å². The molecule has 0 aliphatic rings. The molecule has 0 fully saturated rings. The number of anilines is 1. The summed E-state index contributed by atoms with van der Waals surface area (Å²) in [5.41, 5.74) is 2.50. The number of benzene rings is 2. The van der Waals surface area contributed by atoms with Gasteiger partial charge in [-0.05, 0) is 54.6 Å². The molecule has 1 aromatic heterocycles. The molecule has 1 heterocycles. The SMILES string of the molecule is COc1ccc(-c2cc(C(=O)Nc3ccc(F)cc3)n(C)n2)cc1. The zero-order valence-corrected chi connectivity index (χ0v) is 13.3. The third-order valence-corrected chi connectivity index (χ3v) is 3.60. The predicted octanol–water partition coefficient (Wildman–Crippen LogP) is 3.49. The minimum Gasteiger partial charge on any atom is -0.497 e. The van der Waals surface area contributed by atoms with E-state index in [0.717, 1.165) is 11.3 Å². The molecule has 3 aromatic rings. The number of ether oxygens (including phenoxy) is 1. The van der Waals surface area contributed by atoms with Crippen molar-refractivity contribution in [1.82, 2.24) is 9.78 Å². The number of halogens is 1. The third-order valence-electron chi connectivity index (χ3n) is 3.60. The summed E-state index contributed by atoms with van der Waals surface area (Å²) in [6.07, 6.45) is 0. The number of aromatic nitrogens is 2. The Bertz CT molecular complexity index is 855. The second-order valence-electron chi connectivity index (χ2n) is 5.23. The fourth-order valence-electron chi connectivity index (χ4n) is 2.31. The molecule has 0 aliphatic carbocycles. The number of carbonyl (C=O) groups is 1. The number of nitrogens with one attached hydrogen (secondary N) is 1. The van der Waals surface area contributed by atoms with Gasteiger partial charge in [0.05, 0.1) is 12.8 Å². The molecule has 5 nitrogen and oxygen atoms in total. The molecule has 0 aliphatic heterocycles. The van der Waals surface area contributed by atoms with Crippen molar-refractivity contribution < 1.29 is 13.9 Å². The predicted molar refractivity (Wildman–Crippen MR) is 89.5 cm³/mol. The molecule has 0 saturated carbocycles. The largest absolute Gasteiger partial charge is 0.497 e. The van der Waals surface area contributed by atoms with Crippen LogP contribution < -0.4 is 10.1 Å². The summed E-state index contributed by atoms with van der Waals surface area (Å²) in [6.45, 7) is 0. The smallest absolute Gasteiger partial charge is 0.273 e. The van der Waals surface area contributed by atoms with E-state index in [1.807, 2.05) is 24.3 Å². The highest BCUT2D eigenvalue weighted by molar-refractivity contribution is 6.03. The maximum absolute atomic E-state index is 12.9. The van der Waals surface area contributed by atoms with Crippen LogP contribution in [0.15, 0.2) is 54.6 Å². The van der Waals surface area contributed by atoms with Gasteiger partial charge >= 0.3 is 0 Å². The Balaban J connectivity index is 1.82. The van der Waals surface area contributed by atoms with Gasteiger partial charge < -0.3 is 10.1 Å². The van der Waals surface area contributed by atoms with Gasteiger partial charge in [-0.15, -0.1) is 0 Å². The molecule has 122 valence electrons. The van der Waals surface area contributed by atoms with Crippen LogP contribution in [-0.2, 0) is 7.05 Å². The van der Waals surface area contributed by atoms with E-state index in [0.29, 0.717) is 17.1 Å². The Kier molecular flexibility index (Phi) is 4.29. The molecule has 0 unspecified atom stereocenters. The van der Waals surface area contributed by atoms with E-state index in [1.54, 1.807) is 20.2 Å². The highest BCUT2D eigenvalue weighted by Crippen LogP contribution is 2.22. The second kappa shape index (κ2) is 6.54. The third kappa shape index (κ3) is 3.27. The molecule has 0 atom stereocenters. The zero-order valence-electron chi connectivity index (χ0n) is 13.3. The van der Waals surface area contributed by atoms with Gasteiger partial charge in [0.2, 0.25) is 0 Å². The van der Waals surface area contributed by atoms with E-state index in [-0.39, 0.29) is 11.7 Å². The fourth-order valence-corrected chi connectivity index (χ4v) is 2.31. The first kappa shape index (κ1) is 15.7. The average Bonchev–Trinajstić information content (AvgIpc) is 2.99. The van der Waals surface area contributed by atoms with Gasteiger partial charge in [0.1, 0.15) is 17.3 Å². The number of rotatable bonds is 4. The van der Waals surface area contributed by atoms with Crippen LogP contribution in [0.5, 0.6) is 5.75 Å². The van der Waals surface area contributed by atoms with E-state index >= 15 is 0 Å². The molecule has 0 bridgehead atoms. The van der Waals surface area contributed by atoms with Gasteiger partial charge in [-0.25, -0.2) is 4.39 Å². The number of aryl methyl sites for hydroxylation is 1. The highest BCUT2D eigenvalue weighted by atomic mass is 19.1. The summed E-state index contributed by atoms with van der Waals surface area (Å²) in [5.74, 6) is 0.0932. The van der Waals surface area contributed by atoms with Crippen molar-refractivity contribution in [3.8, 4) is 17.0 Å².